The highest BCUT2D eigenvalue weighted by molar-refractivity contribution is 7.92. The lowest BCUT2D eigenvalue weighted by molar-refractivity contribution is -0.151. The summed E-state index contributed by atoms with van der Waals surface area (Å²) in [7, 11) is -1.97. The number of sulfonamides is 1. The molecule has 0 aliphatic carbocycles. The lowest BCUT2D eigenvalue weighted by atomic mass is 10.2. The van der Waals surface area contributed by atoms with Crippen LogP contribution in [-0.2, 0) is 31.4 Å². The zero-order valence-electron chi connectivity index (χ0n) is 17.4. The molecule has 0 saturated heterocycles. The van der Waals surface area contributed by atoms with Crippen LogP contribution in [0.5, 0.6) is 0 Å². The molecule has 0 unspecified atom stereocenters. The number of amides is 1. The van der Waals surface area contributed by atoms with E-state index in [9.17, 15) is 18.0 Å². The van der Waals surface area contributed by atoms with Gasteiger partial charge in [-0.3, -0.25) is 18.6 Å². The molecule has 0 radical (unpaired) electrons. The second kappa shape index (κ2) is 8.64. The lowest BCUT2D eigenvalue weighted by Crippen LogP contribution is -2.39. The number of benzene rings is 1. The number of nitrogens with zero attached hydrogens (tertiary/aromatic N) is 3. The SMILES string of the molecule is Cc1ccccc1N(CC(=O)O[C@H](C)C(=O)Nc1c(C)nn(C)c1C)S(C)(=O)=O. The Morgan fingerprint density at radius 3 is 2.38 bits per heavy atom. The highest BCUT2D eigenvalue weighted by atomic mass is 32.2. The first-order chi connectivity index (χ1) is 13.4. The molecule has 10 heteroatoms. The maximum absolute atomic E-state index is 12.4. The number of esters is 1. The van der Waals surface area contributed by atoms with E-state index in [-0.39, 0.29) is 0 Å². The monoisotopic (exact) mass is 422 g/mol. The van der Waals surface area contributed by atoms with Crippen LogP contribution in [0.1, 0.15) is 23.9 Å². The minimum Gasteiger partial charge on any atom is -0.451 e. The Bertz CT molecular complexity index is 1030. The Labute approximate surface area is 170 Å². The maximum atomic E-state index is 12.4. The Morgan fingerprint density at radius 1 is 1.24 bits per heavy atom. The summed E-state index contributed by atoms with van der Waals surface area (Å²) in [6, 6.07) is 6.80. The Kier molecular flexibility index (Phi) is 6.68. The molecule has 0 bridgehead atoms. The van der Waals surface area contributed by atoms with Gasteiger partial charge in [-0.15, -0.1) is 0 Å². The standard InChI is InChI=1S/C19H26N4O5S/c1-12-9-7-8-10-16(12)23(29(6,26)27)11-17(24)28-15(4)19(25)20-18-13(2)21-22(5)14(18)3/h7-10,15H,11H2,1-6H3,(H,20,25)/t15-/m1/s1. The highest BCUT2D eigenvalue weighted by Crippen LogP contribution is 2.22. The predicted octanol–water partition coefficient (Wildman–Crippen LogP) is 1.68. The van der Waals surface area contributed by atoms with E-state index in [4.69, 9.17) is 4.74 Å². The predicted molar refractivity (Wildman–Crippen MR) is 110 cm³/mol. The molecule has 2 aromatic rings. The van der Waals surface area contributed by atoms with Gasteiger partial charge < -0.3 is 10.1 Å². The minimum atomic E-state index is -3.73. The van der Waals surface area contributed by atoms with Crippen molar-refractivity contribution in [2.45, 2.75) is 33.8 Å². The number of carbonyl (C=O) groups excluding carboxylic acids is 2. The maximum Gasteiger partial charge on any atom is 0.327 e. The molecule has 29 heavy (non-hydrogen) atoms. The summed E-state index contributed by atoms with van der Waals surface area (Å²) in [5.41, 5.74) is 3.03. The van der Waals surface area contributed by atoms with Crippen LogP contribution >= 0.6 is 0 Å². The van der Waals surface area contributed by atoms with Gasteiger partial charge in [0, 0.05) is 7.05 Å². The molecule has 9 nitrogen and oxygen atoms in total. The zero-order valence-corrected chi connectivity index (χ0v) is 18.2. The smallest absolute Gasteiger partial charge is 0.327 e. The Morgan fingerprint density at radius 2 is 1.86 bits per heavy atom. The van der Waals surface area contributed by atoms with Crippen LogP contribution in [-0.4, -0.2) is 49.0 Å². The molecule has 1 atom stereocenters. The van der Waals surface area contributed by atoms with E-state index in [0.29, 0.717) is 22.6 Å². The Balaban J connectivity index is 2.09. The van der Waals surface area contributed by atoms with Crippen LogP contribution in [0, 0.1) is 20.8 Å². The van der Waals surface area contributed by atoms with Gasteiger partial charge in [0.1, 0.15) is 6.54 Å². The fourth-order valence-corrected chi connectivity index (χ4v) is 3.71. The molecule has 1 aromatic heterocycles. The quantitative estimate of drug-likeness (QED) is 0.680. The average Bonchev–Trinajstić information content (AvgIpc) is 2.85. The molecular weight excluding hydrogens is 396 g/mol. The number of nitrogens with one attached hydrogen (secondary N) is 1. The molecular formula is C19H26N4O5S. The van der Waals surface area contributed by atoms with Gasteiger partial charge in [-0.05, 0) is 39.3 Å². The van der Waals surface area contributed by atoms with Crippen LogP contribution in [0.15, 0.2) is 24.3 Å². The normalized spacial score (nSPS) is 12.3. The van der Waals surface area contributed by atoms with Crippen LogP contribution < -0.4 is 9.62 Å². The number of anilines is 2. The summed E-state index contributed by atoms with van der Waals surface area (Å²) >= 11 is 0. The minimum absolute atomic E-state index is 0.380. The summed E-state index contributed by atoms with van der Waals surface area (Å²) in [4.78, 5) is 24.8. The summed E-state index contributed by atoms with van der Waals surface area (Å²) in [6.45, 7) is 6.19. The number of aromatic nitrogens is 2. The second-order valence-electron chi connectivity index (χ2n) is 6.85. The first-order valence-corrected chi connectivity index (χ1v) is 10.8. The molecule has 0 aliphatic heterocycles. The van der Waals surface area contributed by atoms with E-state index in [1.807, 2.05) is 0 Å². The molecule has 0 fully saturated rings. The number of para-hydroxylation sites is 1. The summed E-state index contributed by atoms with van der Waals surface area (Å²) in [6.07, 6.45) is -0.101. The van der Waals surface area contributed by atoms with Crippen molar-refractivity contribution in [2.24, 2.45) is 7.05 Å². The lowest BCUT2D eigenvalue weighted by Gasteiger charge is -2.24. The van der Waals surface area contributed by atoms with E-state index >= 15 is 0 Å². The van der Waals surface area contributed by atoms with Crippen LogP contribution in [0.4, 0.5) is 11.4 Å². The molecule has 1 amide bonds. The topological polar surface area (TPSA) is 111 Å². The summed E-state index contributed by atoms with van der Waals surface area (Å²) < 4.78 is 32.1. The van der Waals surface area contributed by atoms with Crippen molar-refractivity contribution in [1.82, 2.24) is 9.78 Å². The van der Waals surface area contributed by atoms with E-state index in [1.165, 1.54) is 6.92 Å². The first kappa shape index (κ1) is 22.4. The molecule has 0 aliphatic rings. The van der Waals surface area contributed by atoms with Crippen molar-refractivity contribution < 1.29 is 22.7 Å². The molecule has 0 saturated carbocycles. The third-order valence-electron chi connectivity index (χ3n) is 4.49. The van der Waals surface area contributed by atoms with Crippen molar-refractivity contribution in [3.63, 3.8) is 0 Å². The van der Waals surface area contributed by atoms with Gasteiger partial charge in [0.15, 0.2) is 6.10 Å². The van der Waals surface area contributed by atoms with Crippen molar-refractivity contribution in [3.05, 3.63) is 41.2 Å². The van der Waals surface area contributed by atoms with Gasteiger partial charge in [0.25, 0.3) is 5.91 Å². The third-order valence-corrected chi connectivity index (χ3v) is 5.62. The Hall–Kier alpha value is -2.88. The van der Waals surface area contributed by atoms with Crippen LogP contribution in [0.3, 0.4) is 0 Å². The summed E-state index contributed by atoms with van der Waals surface area (Å²) in [5, 5.41) is 6.91. The van der Waals surface area contributed by atoms with E-state index < -0.39 is 34.5 Å². The zero-order chi connectivity index (χ0) is 21.9. The molecule has 158 valence electrons. The third kappa shape index (κ3) is 5.35. The molecule has 1 aromatic carbocycles. The van der Waals surface area contributed by atoms with Crippen molar-refractivity contribution in [1.29, 1.82) is 0 Å². The van der Waals surface area contributed by atoms with Gasteiger partial charge in [-0.2, -0.15) is 5.10 Å². The van der Waals surface area contributed by atoms with E-state index in [2.05, 4.69) is 10.4 Å². The number of ether oxygens (including phenoxy) is 1. The van der Waals surface area contributed by atoms with Gasteiger partial charge in [0.2, 0.25) is 10.0 Å². The van der Waals surface area contributed by atoms with Gasteiger partial charge in [0.05, 0.1) is 29.0 Å². The van der Waals surface area contributed by atoms with Crippen LogP contribution in [0.25, 0.3) is 0 Å². The highest BCUT2D eigenvalue weighted by Gasteiger charge is 2.26. The van der Waals surface area contributed by atoms with Crippen LogP contribution in [0.2, 0.25) is 0 Å². The van der Waals surface area contributed by atoms with E-state index in [0.717, 1.165) is 16.3 Å². The largest absolute Gasteiger partial charge is 0.451 e. The molecule has 1 heterocycles. The average molecular weight is 423 g/mol. The molecule has 2 rings (SSSR count). The number of hydrogen-bond donors (Lipinski definition) is 1. The van der Waals surface area contributed by atoms with Gasteiger partial charge in [-0.1, -0.05) is 18.2 Å². The van der Waals surface area contributed by atoms with E-state index in [1.54, 1.807) is 56.8 Å². The van der Waals surface area contributed by atoms with Gasteiger partial charge in [-0.25, -0.2) is 8.42 Å². The fraction of sp³-hybridized carbons (Fsp3) is 0.421. The molecule has 1 N–H and O–H groups in total. The van der Waals surface area contributed by atoms with Crippen molar-refractivity contribution >= 4 is 33.3 Å². The number of rotatable bonds is 7. The molecule has 0 spiro atoms. The van der Waals surface area contributed by atoms with Crippen molar-refractivity contribution in [2.75, 3.05) is 22.4 Å². The van der Waals surface area contributed by atoms with Crippen molar-refractivity contribution in [3.8, 4) is 0 Å². The number of aryl methyl sites for hydroxylation is 3. The first-order valence-electron chi connectivity index (χ1n) is 8.95. The van der Waals surface area contributed by atoms with Gasteiger partial charge >= 0.3 is 5.97 Å². The number of carbonyl (C=O) groups is 2. The number of hydrogen-bond acceptors (Lipinski definition) is 6. The fourth-order valence-electron chi connectivity index (χ4n) is 2.81. The summed E-state index contributed by atoms with van der Waals surface area (Å²) in [5.74, 6) is -1.36. The second-order valence-corrected chi connectivity index (χ2v) is 8.75.